The predicted molar refractivity (Wildman–Crippen MR) is 84.0 cm³/mol. The molecule has 2 aromatic rings. The van der Waals surface area contributed by atoms with Crippen LogP contribution in [0.1, 0.15) is 43.5 Å². The van der Waals surface area contributed by atoms with Crippen molar-refractivity contribution in [2.45, 2.75) is 38.6 Å². The van der Waals surface area contributed by atoms with Gasteiger partial charge >= 0.3 is 0 Å². The van der Waals surface area contributed by atoms with Crippen molar-refractivity contribution in [2.24, 2.45) is 5.41 Å². The highest BCUT2D eigenvalue weighted by molar-refractivity contribution is 5.86. The number of nitrogens with one attached hydrogen (secondary N) is 1. The van der Waals surface area contributed by atoms with Crippen LogP contribution in [0.3, 0.4) is 0 Å². The Balaban J connectivity index is 1.96. The zero-order valence-corrected chi connectivity index (χ0v) is 12.7. The molecule has 0 unspecified atom stereocenters. The average molecular weight is 293 g/mol. The number of carbonyl (C=O) groups excluding carboxylic acids is 1. The van der Waals surface area contributed by atoms with Crippen LogP contribution in [0.15, 0.2) is 24.3 Å². The van der Waals surface area contributed by atoms with E-state index in [9.17, 15) is 10.1 Å². The van der Waals surface area contributed by atoms with Crippen LogP contribution in [-0.2, 0) is 11.2 Å². The van der Waals surface area contributed by atoms with Crippen LogP contribution >= 0.6 is 0 Å². The van der Waals surface area contributed by atoms with Crippen molar-refractivity contribution in [1.82, 2.24) is 9.88 Å². The van der Waals surface area contributed by atoms with E-state index in [0.717, 1.165) is 30.6 Å². The van der Waals surface area contributed by atoms with Crippen LogP contribution in [-0.4, -0.2) is 22.3 Å². The molecule has 0 spiro atoms. The maximum Gasteiger partial charge on any atom is 0.223 e. The first kappa shape index (κ1) is 13.4. The molecule has 0 aliphatic carbocycles. The molecule has 4 heteroatoms. The summed E-state index contributed by atoms with van der Waals surface area (Å²) in [7, 11) is 0. The van der Waals surface area contributed by atoms with E-state index in [2.05, 4.69) is 30.1 Å². The second-order valence-corrected chi connectivity index (χ2v) is 6.42. The van der Waals surface area contributed by atoms with Crippen molar-refractivity contribution in [1.29, 1.82) is 5.26 Å². The van der Waals surface area contributed by atoms with Crippen LogP contribution in [0, 0.1) is 16.7 Å². The molecule has 0 radical (unpaired) electrons. The van der Waals surface area contributed by atoms with Gasteiger partial charge in [-0.2, -0.15) is 5.26 Å². The smallest absolute Gasteiger partial charge is 0.223 e. The first-order valence-corrected chi connectivity index (χ1v) is 8.00. The van der Waals surface area contributed by atoms with Gasteiger partial charge in [0.2, 0.25) is 5.91 Å². The average Bonchev–Trinajstić information content (AvgIpc) is 2.94. The largest absolute Gasteiger partial charge is 0.356 e. The topological polar surface area (TPSA) is 59.9 Å². The van der Waals surface area contributed by atoms with Crippen LogP contribution in [0.5, 0.6) is 0 Å². The molecule has 2 atom stereocenters. The zero-order chi connectivity index (χ0) is 15.3. The fourth-order valence-electron chi connectivity index (χ4n) is 4.26. The Bertz CT molecular complexity index is 800. The van der Waals surface area contributed by atoms with Gasteiger partial charge in [-0.05, 0) is 30.9 Å². The van der Waals surface area contributed by atoms with Crippen molar-refractivity contribution < 1.29 is 4.79 Å². The van der Waals surface area contributed by atoms with Crippen molar-refractivity contribution >= 4 is 16.8 Å². The quantitative estimate of drug-likeness (QED) is 0.877. The summed E-state index contributed by atoms with van der Waals surface area (Å²) in [6.07, 6.45) is 2.79. The van der Waals surface area contributed by atoms with E-state index in [1.165, 1.54) is 10.9 Å². The highest BCUT2D eigenvalue weighted by atomic mass is 16.2. The molecule has 4 rings (SSSR count). The van der Waals surface area contributed by atoms with E-state index in [4.69, 9.17) is 0 Å². The number of nitriles is 1. The number of amides is 1. The molecule has 1 fully saturated rings. The number of para-hydroxylation sites is 1. The number of piperidine rings is 1. The molecule has 0 saturated carbocycles. The van der Waals surface area contributed by atoms with Gasteiger partial charge in [0.05, 0.1) is 17.5 Å². The number of nitrogens with zero attached hydrogens (tertiary/aromatic N) is 2. The Morgan fingerprint density at radius 3 is 3.00 bits per heavy atom. The van der Waals surface area contributed by atoms with Gasteiger partial charge in [-0.1, -0.05) is 25.1 Å². The monoisotopic (exact) mass is 293 g/mol. The number of aromatic nitrogens is 1. The number of fused-ring (bicyclic) bond motifs is 5. The lowest BCUT2D eigenvalue weighted by Crippen LogP contribution is -2.51. The Kier molecular flexibility index (Phi) is 2.80. The van der Waals surface area contributed by atoms with Crippen molar-refractivity contribution in [3.05, 3.63) is 35.5 Å². The normalized spacial score (nSPS) is 27.4. The number of hydrogen-bond donors (Lipinski definition) is 1. The van der Waals surface area contributed by atoms with E-state index in [0.29, 0.717) is 12.8 Å². The molecule has 2 aliphatic rings. The van der Waals surface area contributed by atoms with E-state index in [1.54, 1.807) is 0 Å². The lowest BCUT2D eigenvalue weighted by molar-refractivity contribution is -0.142. The summed E-state index contributed by atoms with van der Waals surface area (Å²) in [5.41, 5.74) is 3.02. The van der Waals surface area contributed by atoms with Crippen LogP contribution < -0.4 is 0 Å². The summed E-state index contributed by atoms with van der Waals surface area (Å²) < 4.78 is 0. The highest BCUT2D eigenvalue weighted by Gasteiger charge is 2.50. The minimum atomic E-state index is -0.468. The van der Waals surface area contributed by atoms with E-state index < -0.39 is 5.41 Å². The zero-order valence-electron chi connectivity index (χ0n) is 12.7. The summed E-state index contributed by atoms with van der Waals surface area (Å²) in [5.74, 6) is 0.189. The molecule has 1 amide bonds. The Morgan fingerprint density at radius 2 is 2.23 bits per heavy atom. The fourth-order valence-corrected chi connectivity index (χ4v) is 4.26. The van der Waals surface area contributed by atoms with Crippen molar-refractivity contribution in [3.63, 3.8) is 0 Å². The Morgan fingerprint density at radius 1 is 1.41 bits per heavy atom. The maximum atomic E-state index is 12.4. The van der Waals surface area contributed by atoms with Crippen LogP contribution in [0.2, 0.25) is 0 Å². The minimum absolute atomic E-state index is 0.125. The lowest BCUT2D eigenvalue weighted by atomic mass is 9.69. The van der Waals surface area contributed by atoms with Gasteiger partial charge < -0.3 is 9.88 Å². The standard InChI is InChI=1S/C18H19N3O/c1-2-18(11-19)9-7-15(22)21-10-8-13-12-5-3-4-6-14(12)20-16(13)17(18)21/h3-6,17,20H,2,7-10H2,1H3/t17-,18+/m1/s1. The minimum Gasteiger partial charge on any atom is -0.356 e. The first-order valence-electron chi connectivity index (χ1n) is 8.00. The summed E-state index contributed by atoms with van der Waals surface area (Å²) in [6.45, 7) is 2.79. The van der Waals surface area contributed by atoms with Crippen molar-refractivity contribution in [3.8, 4) is 6.07 Å². The molecule has 1 aromatic heterocycles. The van der Waals surface area contributed by atoms with Gasteiger partial charge in [0.15, 0.2) is 0 Å². The molecular formula is C18H19N3O. The third-order valence-electron chi connectivity index (χ3n) is 5.52. The van der Waals surface area contributed by atoms with Gasteiger partial charge in [0.25, 0.3) is 0 Å². The second-order valence-electron chi connectivity index (χ2n) is 6.42. The summed E-state index contributed by atoms with van der Waals surface area (Å²) in [4.78, 5) is 17.8. The van der Waals surface area contributed by atoms with Gasteiger partial charge in [0.1, 0.15) is 0 Å². The number of carbonyl (C=O) groups is 1. The third kappa shape index (κ3) is 1.60. The van der Waals surface area contributed by atoms with Crippen molar-refractivity contribution in [2.75, 3.05) is 6.54 Å². The first-order chi connectivity index (χ1) is 10.7. The van der Waals surface area contributed by atoms with E-state index in [-0.39, 0.29) is 11.9 Å². The molecule has 0 bridgehead atoms. The molecule has 4 nitrogen and oxygen atoms in total. The number of H-pyrrole nitrogens is 1. The highest BCUT2D eigenvalue weighted by Crippen LogP contribution is 2.51. The Hall–Kier alpha value is -2.28. The van der Waals surface area contributed by atoms with E-state index >= 15 is 0 Å². The van der Waals surface area contributed by atoms with E-state index in [1.807, 2.05) is 17.0 Å². The summed E-state index contributed by atoms with van der Waals surface area (Å²) >= 11 is 0. The molecule has 112 valence electrons. The lowest BCUT2D eigenvalue weighted by Gasteiger charge is -2.48. The number of benzene rings is 1. The molecule has 1 N–H and O–H groups in total. The SMILES string of the molecule is CC[C@@]1(C#N)CCC(=O)N2CCc3c([nH]c4ccccc34)[C@@H]21. The van der Waals surface area contributed by atoms with Crippen LogP contribution in [0.25, 0.3) is 10.9 Å². The molecule has 1 aromatic carbocycles. The second kappa shape index (κ2) is 4.61. The number of rotatable bonds is 1. The van der Waals surface area contributed by atoms with Gasteiger partial charge in [-0.15, -0.1) is 0 Å². The molecular weight excluding hydrogens is 274 g/mol. The Labute approximate surface area is 129 Å². The number of hydrogen-bond acceptors (Lipinski definition) is 2. The molecule has 2 aliphatic heterocycles. The summed E-state index contributed by atoms with van der Waals surface area (Å²) in [6, 6.07) is 10.7. The summed E-state index contributed by atoms with van der Waals surface area (Å²) in [5, 5.41) is 11.1. The van der Waals surface area contributed by atoms with Gasteiger partial charge in [-0.25, -0.2) is 0 Å². The fraction of sp³-hybridized carbons (Fsp3) is 0.444. The van der Waals surface area contributed by atoms with Crippen LogP contribution in [0.4, 0.5) is 0 Å². The molecule has 1 saturated heterocycles. The predicted octanol–water partition coefficient (Wildman–Crippen LogP) is 3.31. The van der Waals surface area contributed by atoms with Gasteiger partial charge in [-0.3, -0.25) is 4.79 Å². The van der Waals surface area contributed by atoms with Gasteiger partial charge in [0, 0.05) is 29.6 Å². The molecule has 3 heterocycles. The molecule has 22 heavy (non-hydrogen) atoms. The third-order valence-corrected chi connectivity index (χ3v) is 5.52. The maximum absolute atomic E-state index is 12.4. The number of aromatic amines is 1.